The molecule has 1 atom stereocenters. The van der Waals surface area contributed by atoms with Gasteiger partial charge in [0.25, 0.3) is 0 Å². The molecule has 0 aromatic heterocycles. The molecule has 0 saturated carbocycles. The molecule has 20 heavy (non-hydrogen) atoms. The Balaban J connectivity index is 2.81. The molecule has 0 aliphatic rings. The predicted molar refractivity (Wildman–Crippen MR) is 73.6 cm³/mol. The van der Waals surface area contributed by atoms with Gasteiger partial charge < -0.3 is 10.1 Å². The van der Waals surface area contributed by atoms with E-state index in [1.165, 1.54) is 12.1 Å². The van der Waals surface area contributed by atoms with E-state index in [9.17, 15) is 13.2 Å². The number of hydrogen-bond donors (Lipinski definition) is 1. The molecule has 5 heteroatoms. The third kappa shape index (κ3) is 5.51. The van der Waals surface area contributed by atoms with Crippen LogP contribution in [-0.2, 0) is 10.9 Å². The fourth-order valence-electron chi connectivity index (χ4n) is 1.76. The van der Waals surface area contributed by atoms with E-state index in [0.29, 0.717) is 6.61 Å². The van der Waals surface area contributed by atoms with Gasteiger partial charge in [-0.25, -0.2) is 0 Å². The van der Waals surface area contributed by atoms with Crippen LogP contribution < -0.4 is 5.32 Å². The number of benzene rings is 1. The van der Waals surface area contributed by atoms with Gasteiger partial charge in [-0.05, 0) is 45.0 Å². The molecule has 0 radical (unpaired) electrons. The van der Waals surface area contributed by atoms with Crippen LogP contribution in [0.5, 0.6) is 0 Å². The van der Waals surface area contributed by atoms with Gasteiger partial charge in [-0.2, -0.15) is 13.2 Å². The van der Waals surface area contributed by atoms with E-state index in [2.05, 4.69) is 5.32 Å². The van der Waals surface area contributed by atoms with Crippen LogP contribution >= 0.6 is 0 Å². The van der Waals surface area contributed by atoms with Gasteiger partial charge in [-0.3, -0.25) is 0 Å². The predicted octanol–water partition coefficient (Wildman–Crippen LogP) is 4.17. The Morgan fingerprint density at radius 1 is 1.10 bits per heavy atom. The third-order valence-electron chi connectivity index (χ3n) is 2.77. The van der Waals surface area contributed by atoms with E-state index in [1.54, 1.807) is 0 Å². The number of halogens is 3. The first kappa shape index (κ1) is 17.0. The number of hydrogen-bond acceptors (Lipinski definition) is 2. The minimum absolute atomic E-state index is 0.110. The lowest BCUT2D eigenvalue weighted by molar-refractivity contribution is -0.137. The lowest BCUT2D eigenvalue weighted by Crippen LogP contribution is -2.30. The molecule has 2 nitrogen and oxygen atoms in total. The molecule has 1 aromatic carbocycles. The summed E-state index contributed by atoms with van der Waals surface area (Å²) in [6, 6.07) is 5.11. The molecule has 1 unspecified atom stereocenters. The maximum atomic E-state index is 12.5. The summed E-state index contributed by atoms with van der Waals surface area (Å²) >= 11 is 0. The van der Waals surface area contributed by atoms with Crippen LogP contribution in [0.1, 0.15) is 44.9 Å². The Morgan fingerprint density at radius 3 is 2.05 bits per heavy atom. The average Bonchev–Trinajstić information content (AvgIpc) is 2.32. The van der Waals surface area contributed by atoms with Gasteiger partial charge in [0.05, 0.1) is 23.8 Å². The minimum atomic E-state index is -4.30. The van der Waals surface area contributed by atoms with Crippen molar-refractivity contribution in [1.29, 1.82) is 0 Å². The molecule has 0 fully saturated rings. The maximum absolute atomic E-state index is 12.5. The lowest BCUT2D eigenvalue weighted by atomic mass is 10.0. The Labute approximate surface area is 118 Å². The largest absolute Gasteiger partial charge is 0.416 e. The van der Waals surface area contributed by atoms with Crippen molar-refractivity contribution < 1.29 is 17.9 Å². The van der Waals surface area contributed by atoms with Crippen molar-refractivity contribution in [2.24, 2.45) is 0 Å². The van der Waals surface area contributed by atoms with E-state index in [-0.39, 0.29) is 11.6 Å². The highest BCUT2D eigenvalue weighted by molar-refractivity contribution is 5.26. The van der Waals surface area contributed by atoms with Gasteiger partial charge >= 0.3 is 6.18 Å². The van der Waals surface area contributed by atoms with Gasteiger partial charge in [-0.15, -0.1) is 0 Å². The molecule has 114 valence electrons. The zero-order valence-corrected chi connectivity index (χ0v) is 12.3. The monoisotopic (exact) mass is 289 g/mol. The van der Waals surface area contributed by atoms with Crippen LogP contribution in [0.15, 0.2) is 24.3 Å². The Kier molecular flexibility index (Phi) is 5.59. The normalized spacial score (nSPS) is 14.3. The fourth-order valence-corrected chi connectivity index (χ4v) is 1.76. The number of nitrogens with one attached hydrogen (secondary N) is 1. The summed E-state index contributed by atoms with van der Waals surface area (Å²) in [6.07, 6.45) is -4.30. The molecular weight excluding hydrogens is 267 g/mol. The zero-order chi connectivity index (χ0) is 15.4. The van der Waals surface area contributed by atoms with E-state index < -0.39 is 11.7 Å². The maximum Gasteiger partial charge on any atom is 0.416 e. The van der Waals surface area contributed by atoms with Gasteiger partial charge in [0, 0.05) is 0 Å². The van der Waals surface area contributed by atoms with Crippen molar-refractivity contribution in [2.45, 2.75) is 45.5 Å². The second-order valence-corrected chi connectivity index (χ2v) is 5.65. The molecule has 0 heterocycles. The van der Waals surface area contributed by atoms with Gasteiger partial charge in [-0.1, -0.05) is 19.1 Å². The van der Waals surface area contributed by atoms with Crippen molar-refractivity contribution in [1.82, 2.24) is 5.32 Å². The summed E-state index contributed by atoms with van der Waals surface area (Å²) in [4.78, 5) is 0. The van der Waals surface area contributed by atoms with Gasteiger partial charge in [0.15, 0.2) is 0 Å². The second kappa shape index (κ2) is 6.59. The summed E-state index contributed by atoms with van der Waals surface area (Å²) in [6.45, 7) is 8.93. The van der Waals surface area contributed by atoms with Crippen LogP contribution in [0.25, 0.3) is 0 Å². The first-order chi connectivity index (χ1) is 9.13. The molecule has 0 aliphatic heterocycles. The molecule has 0 saturated heterocycles. The highest BCUT2D eigenvalue weighted by Gasteiger charge is 2.30. The molecule has 0 spiro atoms. The summed E-state index contributed by atoms with van der Waals surface area (Å²) in [5.74, 6) is 0. The Hall–Kier alpha value is -1.07. The quantitative estimate of drug-likeness (QED) is 0.878. The average molecular weight is 289 g/mol. The third-order valence-corrected chi connectivity index (χ3v) is 2.77. The lowest BCUT2D eigenvalue weighted by Gasteiger charge is -2.25. The SMILES string of the molecule is CCNC(COC(C)(C)C)c1ccc(C(F)(F)F)cc1. The minimum Gasteiger partial charge on any atom is -0.374 e. The number of ether oxygens (including phenoxy) is 1. The summed E-state index contributed by atoms with van der Waals surface area (Å²) in [5.41, 5.74) is -0.114. The van der Waals surface area contributed by atoms with E-state index in [0.717, 1.165) is 24.2 Å². The Morgan fingerprint density at radius 2 is 1.65 bits per heavy atom. The standard InChI is InChI=1S/C15H22F3NO/c1-5-19-13(10-20-14(2,3)4)11-6-8-12(9-7-11)15(16,17)18/h6-9,13,19H,5,10H2,1-4H3. The molecule has 0 amide bonds. The van der Waals surface area contributed by atoms with Crippen LogP contribution in [0.4, 0.5) is 13.2 Å². The van der Waals surface area contributed by atoms with Crippen LogP contribution in [-0.4, -0.2) is 18.8 Å². The number of alkyl halides is 3. The number of rotatable bonds is 5. The molecule has 1 N–H and O–H groups in total. The molecule has 0 aliphatic carbocycles. The second-order valence-electron chi connectivity index (χ2n) is 5.65. The first-order valence-electron chi connectivity index (χ1n) is 6.68. The van der Waals surface area contributed by atoms with Crippen molar-refractivity contribution in [3.8, 4) is 0 Å². The fraction of sp³-hybridized carbons (Fsp3) is 0.600. The van der Waals surface area contributed by atoms with E-state index in [4.69, 9.17) is 4.74 Å². The van der Waals surface area contributed by atoms with Crippen LogP contribution in [0.2, 0.25) is 0 Å². The Bertz CT molecular complexity index is 407. The van der Waals surface area contributed by atoms with E-state index in [1.807, 2.05) is 27.7 Å². The van der Waals surface area contributed by atoms with Gasteiger partial charge in [0.1, 0.15) is 0 Å². The molecule has 1 aromatic rings. The highest BCUT2D eigenvalue weighted by Crippen LogP contribution is 2.30. The van der Waals surface area contributed by atoms with Gasteiger partial charge in [0.2, 0.25) is 0 Å². The molecule has 1 rings (SSSR count). The van der Waals surface area contributed by atoms with Crippen LogP contribution in [0.3, 0.4) is 0 Å². The summed E-state index contributed by atoms with van der Waals surface area (Å²) in [7, 11) is 0. The summed E-state index contributed by atoms with van der Waals surface area (Å²) < 4.78 is 43.3. The van der Waals surface area contributed by atoms with Crippen molar-refractivity contribution >= 4 is 0 Å². The van der Waals surface area contributed by atoms with Crippen molar-refractivity contribution in [2.75, 3.05) is 13.2 Å². The van der Waals surface area contributed by atoms with Crippen molar-refractivity contribution in [3.63, 3.8) is 0 Å². The zero-order valence-electron chi connectivity index (χ0n) is 12.3. The highest BCUT2D eigenvalue weighted by atomic mass is 19.4. The molecular formula is C15H22F3NO. The topological polar surface area (TPSA) is 21.3 Å². The first-order valence-corrected chi connectivity index (χ1v) is 6.68. The van der Waals surface area contributed by atoms with Crippen LogP contribution in [0, 0.1) is 0 Å². The smallest absolute Gasteiger partial charge is 0.374 e. The number of likely N-dealkylation sites (N-methyl/N-ethyl adjacent to an activating group) is 1. The van der Waals surface area contributed by atoms with E-state index >= 15 is 0 Å². The summed E-state index contributed by atoms with van der Waals surface area (Å²) in [5, 5.41) is 3.22. The molecule has 0 bridgehead atoms. The van der Waals surface area contributed by atoms with Crippen molar-refractivity contribution in [3.05, 3.63) is 35.4 Å².